The first-order valence-electron chi connectivity index (χ1n) is 18.7. The molecule has 1 amide bonds. The van der Waals surface area contributed by atoms with Gasteiger partial charge >= 0.3 is 11.9 Å². The van der Waals surface area contributed by atoms with Gasteiger partial charge in [0.2, 0.25) is 5.78 Å². The van der Waals surface area contributed by atoms with Crippen LogP contribution >= 0.6 is 22.7 Å². The minimum Gasteiger partial charge on any atom is -0.478 e. The van der Waals surface area contributed by atoms with Crippen molar-refractivity contribution in [2.45, 2.75) is 13.3 Å². The standard InChI is InChI=1S/C24H16N2O4S.C23H14N2O4S/c1-13-8-9-16(15-6-4-10-25-21(13)15)22-20(24(28)29)17(12-31-22)26-23(27)19-11-14-5-2-3-7-18(14)30-19;26-18(20-11-13-3-1-2-4-19(13)29-20)10-15-12-30-22(21(15)23(27)28)14-5-6-16-17(9-14)25-8-7-24-16/h2-12H,1H3,(H,26,27)(H,28,29);1-9,11-12H,10H2,(H,27,28). The van der Waals surface area contributed by atoms with Crippen LogP contribution in [0.25, 0.3) is 64.8 Å². The number of carbonyl (C=O) groups is 4. The summed E-state index contributed by atoms with van der Waals surface area (Å²) in [4.78, 5) is 63.8. The molecule has 0 saturated heterocycles. The maximum absolute atomic E-state index is 12.8. The zero-order valence-electron chi connectivity index (χ0n) is 31.9. The number of furan rings is 2. The number of carboxylic acid groups (broad SMARTS) is 2. The Morgan fingerprint density at radius 2 is 1.33 bits per heavy atom. The van der Waals surface area contributed by atoms with Gasteiger partial charge in [-0.1, -0.05) is 60.7 Å². The molecular weight excluding hydrogens is 813 g/mol. The third-order valence-corrected chi connectivity index (χ3v) is 12.1. The van der Waals surface area contributed by atoms with Crippen LogP contribution in [-0.4, -0.2) is 48.8 Å². The molecule has 14 heteroatoms. The topological polar surface area (TPSA) is 186 Å². The number of ketones is 1. The fourth-order valence-corrected chi connectivity index (χ4v) is 9.20. The first-order chi connectivity index (χ1) is 29.6. The Kier molecular flexibility index (Phi) is 10.2. The fraction of sp³-hybridized carbons (Fsp3) is 0.0426. The van der Waals surface area contributed by atoms with Crippen molar-refractivity contribution in [3.63, 3.8) is 0 Å². The lowest BCUT2D eigenvalue weighted by Gasteiger charge is -2.09. The molecule has 0 fully saturated rings. The molecule has 0 unspecified atom stereocenters. The highest BCUT2D eigenvalue weighted by Crippen LogP contribution is 2.40. The van der Waals surface area contributed by atoms with Gasteiger partial charge in [-0.25, -0.2) is 9.59 Å². The number of aromatic nitrogens is 3. The van der Waals surface area contributed by atoms with Gasteiger partial charge in [-0.05, 0) is 71.5 Å². The van der Waals surface area contributed by atoms with Gasteiger partial charge in [0.05, 0.1) is 32.7 Å². The molecule has 6 aromatic heterocycles. The number of amides is 1. The molecule has 10 aromatic rings. The minimum atomic E-state index is -1.12. The molecule has 0 aliphatic carbocycles. The van der Waals surface area contributed by atoms with Crippen LogP contribution in [0.3, 0.4) is 0 Å². The number of rotatable bonds is 9. The zero-order chi connectivity index (χ0) is 42.2. The molecule has 298 valence electrons. The van der Waals surface area contributed by atoms with Gasteiger partial charge in [0.15, 0.2) is 11.5 Å². The normalized spacial score (nSPS) is 11.2. The number of nitrogens with zero attached hydrogens (tertiary/aromatic N) is 3. The molecule has 4 aromatic carbocycles. The summed E-state index contributed by atoms with van der Waals surface area (Å²) in [5.41, 5.74) is 6.82. The van der Waals surface area contributed by atoms with Gasteiger partial charge in [0, 0.05) is 57.0 Å². The number of fused-ring (bicyclic) bond motifs is 4. The van der Waals surface area contributed by atoms with E-state index in [-0.39, 0.29) is 40.5 Å². The highest BCUT2D eigenvalue weighted by atomic mass is 32.1. The Hall–Kier alpha value is -7.81. The highest BCUT2D eigenvalue weighted by Gasteiger charge is 2.25. The molecule has 0 radical (unpaired) electrons. The number of carboxylic acids is 2. The Labute approximate surface area is 353 Å². The van der Waals surface area contributed by atoms with Gasteiger partial charge in [0.1, 0.15) is 16.7 Å². The van der Waals surface area contributed by atoms with Crippen molar-refractivity contribution in [2.75, 3.05) is 5.32 Å². The predicted octanol–water partition coefficient (Wildman–Crippen LogP) is 11.2. The summed E-state index contributed by atoms with van der Waals surface area (Å²) >= 11 is 2.56. The number of anilines is 1. The van der Waals surface area contributed by atoms with Crippen LogP contribution in [0.1, 0.15) is 53.0 Å². The van der Waals surface area contributed by atoms with Crippen LogP contribution in [0, 0.1) is 6.92 Å². The second-order valence-electron chi connectivity index (χ2n) is 13.9. The van der Waals surface area contributed by atoms with E-state index in [0.717, 1.165) is 43.9 Å². The quantitative estimate of drug-likeness (QED) is 0.117. The molecule has 10 rings (SSSR count). The number of pyridine rings is 1. The minimum absolute atomic E-state index is 0.0449. The molecule has 0 aliphatic rings. The van der Waals surface area contributed by atoms with Crippen LogP contribution in [0.4, 0.5) is 5.69 Å². The number of hydrogen-bond acceptors (Lipinski definition) is 11. The number of thiophene rings is 2. The third-order valence-electron chi connectivity index (χ3n) is 9.98. The lowest BCUT2D eigenvalue weighted by Crippen LogP contribution is -2.13. The second-order valence-corrected chi connectivity index (χ2v) is 15.6. The third kappa shape index (κ3) is 7.52. The predicted molar refractivity (Wildman–Crippen MR) is 235 cm³/mol. The zero-order valence-corrected chi connectivity index (χ0v) is 33.5. The average Bonchev–Trinajstić information content (AvgIpc) is 4.09. The van der Waals surface area contributed by atoms with Crippen molar-refractivity contribution in [1.82, 2.24) is 15.0 Å². The van der Waals surface area contributed by atoms with Crippen molar-refractivity contribution in [3.8, 4) is 20.9 Å². The molecule has 0 saturated carbocycles. The monoisotopic (exact) mass is 842 g/mol. The van der Waals surface area contributed by atoms with Gasteiger partial charge in [0.25, 0.3) is 5.91 Å². The molecular formula is C47H30N4O8S2. The Morgan fingerprint density at radius 3 is 2.05 bits per heavy atom. The smallest absolute Gasteiger partial charge is 0.339 e. The van der Waals surface area contributed by atoms with Crippen LogP contribution in [0.5, 0.6) is 0 Å². The van der Waals surface area contributed by atoms with Crippen molar-refractivity contribution in [3.05, 3.63) is 166 Å². The summed E-state index contributed by atoms with van der Waals surface area (Å²) in [6, 6.07) is 31.0. The molecule has 0 spiro atoms. The largest absolute Gasteiger partial charge is 0.478 e. The van der Waals surface area contributed by atoms with Crippen molar-refractivity contribution in [2.24, 2.45) is 0 Å². The van der Waals surface area contributed by atoms with Crippen LogP contribution in [-0.2, 0) is 6.42 Å². The molecule has 12 nitrogen and oxygen atoms in total. The van der Waals surface area contributed by atoms with E-state index >= 15 is 0 Å². The number of aryl methyl sites for hydroxylation is 1. The highest BCUT2D eigenvalue weighted by molar-refractivity contribution is 7.15. The number of para-hydroxylation sites is 2. The van der Waals surface area contributed by atoms with E-state index < -0.39 is 17.8 Å². The molecule has 0 bridgehead atoms. The van der Waals surface area contributed by atoms with Crippen LogP contribution in [0.2, 0.25) is 0 Å². The Morgan fingerprint density at radius 1 is 0.656 bits per heavy atom. The number of benzene rings is 4. The van der Waals surface area contributed by atoms with E-state index in [1.807, 2.05) is 85.8 Å². The number of nitrogens with one attached hydrogen (secondary N) is 1. The Balaban J connectivity index is 0.000000156. The van der Waals surface area contributed by atoms with Crippen LogP contribution < -0.4 is 5.32 Å². The second kappa shape index (κ2) is 16.1. The molecule has 6 heterocycles. The van der Waals surface area contributed by atoms with E-state index in [1.54, 1.807) is 53.6 Å². The summed E-state index contributed by atoms with van der Waals surface area (Å²) in [5, 5.41) is 28.4. The van der Waals surface area contributed by atoms with Gasteiger partial charge in [-0.15, -0.1) is 22.7 Å². The molecule has 61 heavy (non-hydrogen) atoms. The summed E-state index contributed by atoms with van der Waals surface area (Å²) in [6.07, 6.45) is 4.86. The average molecular weight is 843 g/mol. The van der Waals surface area contributed by atoms with Crippen molar-refractivity contribution in [1.29, 1.82) is 0 Å². The maximum atomic E-state index is 12.8. The number of hydrogen-bond donors (Lipinski definition) is 3. The fourth-order valence-electron chi connectivity index (χ4n) is 7.10. The summed E-state index contributed by atoms with van der Waals surface area (Å²) in [5.74, 6) is -2.61. The van der Waals surface area contributed by atoms with Gasteiger partial charge in [-0.2, -0.15) is 0 Å². The van der Waals surface area contributed by atoms with Gasteiger partial charge < -0.3 is 24.4 Å². The molecule has 3 N–H and O–H groups in total. The van der Waals surface area contributed by atoms with Crippen molar-refractivity contribution < 1.29 is 38.2 Å². The summed E-state index contributed by atoms with van der Waals surface area (Å²) < 4.78 is 11.2. The SMILES string of the molecule is Cc1ccc(-c2scc(NC(=O)c3cc4ccccc4o3)c2C(=O)O)c2cccnc12.O=C(Cc1csc(-c2ccc3nccnc3c2)c1C(=O)O)c1cc2ccccc2o1. The first-order valence-corrected chi connectivity index (χ1v) is 20.4. The molecule has 0 atom stereocenters. The van der Waals surface area contributed by atoms with Crippen LogP contribution in [0.15, 0.2) is 141 Å². The lowest BCUT2D eigenvalue weighted by molar-refractivity contribution is 0.0687. The van der Waals surface area contributed by atoms with Gasteiger partial charge in [-0.3, -0.25) is 24.5 Å². The summed E-state index contributed by atoms with van der Waals surface area (Å²) in [7, 11) is 0. The van der Waals surface area contributed by atoms with E-state index in [2.05, 4.69) is 20.3 Å². The van der Waals surface area contributed by atoms with E-state index in [0.29, 0.717) is 32.0 Å². The van der Waals surface area contributed by atoms with E-state index in [9.17, 15) is 29.4 Å². The maximum Gasteiger partial charge on any atom is 0.339 e. The van der Waals surface area contributed by atoms with Crippen molar-refractivity contribution >= 4 is 95.9 Å². The Bertz CT molecular complexity index is 3290. The van der Waals surface area contributed by atoms with E-state index in [4.69, 9.17) is 8.83 Å². The number of aromatic carboxylic acids is 2. The number of carbonyl (C=O) groups excluding carboxylic acids is 2. The lowest BCUT2D eigenvalue weighted by atomic mass is 10.0. The number of Topliss-reactive ketones (excluding diaryl/α,β-unsaturated/α-hetero) is 1. The molecule has 0 aliphatic heterocycles. The van der Waals surface area contributed by atoms with E-state index in [1.165, 1.54) is 22.7 Å². The summed E-state index contributed by atoms with van der Waals surface area (Å²) in [6.45, 7) is 1.96. The first kappa shape index (κ1) is 38.7.